The van der Waals surface area contributed by atoms with Crippen LogP contribution in [0.4, 0.5) is 0 Å². The van der Waals surface area contributed by atoms with Gasteiger partial charge in [0.2, 0.25) is 5.91 Å². The van der Waals surface area contributed by atoms with Crippen LogP contribution in [0.1, 0.15) is 38.7 Å². The second-order valence-corrected chi connectivity index (χ2v) is 7.10. The fourth-order valence-corrected chi connectivity index (χ4v) is 2.94. The van der Waals surface area contributed by atoms with Crippen LogP contribution >= 0.6 is 15.9 Å². The summed E-state index contributed by atoms with van der Waals surface area (Å²) in [4.78, 5) is 14.2. The lowest BCUT2D eigenvalue weighted by Gasteiger charge is -2.24. The van der Waals surface area contributed by atoms with Crippen molar-refractivity contribution in [1.82, 2.24) is 4.90 Å². The molecule has 1 saturated heterocycles. The fraction of sp³-hybridized carbons (Fsp3) is 0.562. The van der Waals surface area contributed by atoms with Crippen molar-refractivity contribution >= 4 is 21.8 Å². The van der Waals surface area contributed by atoms with Gasteiger partial charge in [-0.3, -0.25) is 4.79 Å². The minimum Gasteiger partial charge on any atom is -0.496 e. The number of carbonyl (C=O) groups is 1. The highest BCUT2D eigenvalue weighted by atomic mass is 79.9. The molecule has 0 atom stereocenters. The monoisotopic (exact) mass is 339 g/mol. The fourth-order valence-electron chi connectivity index (χ4n) is 2.53. The van der Waals surface area contributed by atoms with E-state index in [1.807, 2.05) is 23.1 Å². The first kappa shape index (κ1) is 15.4. The molecule has 0 bridgehead atoms. The van der Waals surface area contributed by atoms with Gasteiger partial charge < -0.3 is 9.64 Å². The van der Waals surface area contributed by atoms with Gasteiger partial charge in [-0.2, -0.15) is 0 Å². The molecule has 2 rings (SSSR count). The summed E-state index contributed by atoms with van der Waals surface area (Å²) in [7, 11) is 1.67. The van der Waals surface area contributed by atoms with Gasteiger partial charge in [-0.15, -0.1) is 0 Å². The third kappa shape index (κ3) is 3.75. The van der Waals surface area contributed by atoms with E-state index in [1.54, 1.807) is 7.11 Å². The molecule has 110 valence electrons. The van der Waals surface area contributed by atoms with Crippen molar-refractivity contribution in [2.75, 3.05) is 13.7 Å². The van der Waals surface area contributed by atoms with Crippen molar-refractivity contribution in [2.24, 2.45) is 5.41 Å². The topological polar surface area (TPSA) is 29.5 Å². The Bertz CT molecular complexity index is 499. The molecule has 4 heteroatoms. The van der Waals surface area contributed by atoms with Crippen molar-refractivity contribution in [2.45, 2.75) is 39.7 Å². The maximum atomic E-state index is 12.3. The minimum atomic E-state index is 0.248. The van der Waals surface area contributed by atoms with E-state index in [-0.39, 0.29) is 11.3 Å². The van der Waals surface area contributed by atoms with Crippen molar-refractivity contribution in [3.8, 4) is 5.75 Å². The lowest BCUT2D eigenvalue weighted by molar-refractivity contribution is -0.131. The van der Waals surface area contributed by atoms with E-state index in [0.717, 1.165) is 35.2 Å². The maximum Gasteiger partial charge on any atom is 0.222 e. The summed E-state index contributed by atoms with van der Waals surface area (Å²) in [5, 5.41) is 0. The molecular weight excluding hydrogens is 318 g/mol. The Hall–Kier alpha value is -1.03. The molecule has 1 aromatic rings. The SMILES string of the molecule is COc1ccc(Br)cc1CN1CCC(C)(C)CCC1=O. The number of amides is 1. The molecule has 1 amide bonds. The summed E-state index contributed by atoms with van der Waals surface area (Å²) < 4.78 is 6.40. The van der Waals surface area contributed by atoms with Gasteiger partial charge >= 0.3 is 0 Å². The molecule has 0 aromatic heterocycles. The molecule has 3 nitrogen and oxygen atoms in total. The number of benzene rings is 1. The predicted octanol–water partition coefficient (Wildman–Crippen LogP) is 4.00. The average molecular weight is 340 g/mol. The number of halogens is 1. The number of rotatable bonds is 3. The Labute approximate surface area is 129 Å². The summed E-state index contributed by atoms with van der Waals surface area (Å²) in [5.41, 5.74) is 1.31. The second kappa shape index (κ2) is 6.17. The normalized spacial score (nSPS) is 18.8. The molecule has 0 radical (unpaired) electrons. The molecule has 0 saturated carbocycles. The zero-order valence-corrected chi connectivity index (χ0v) is 14.0. The van der Waals surface area contributed by atoms with E-state index in [2.05, 4.69) is 29.8 Å². The number of hydrogen-bond donors (Lipinski definition) is 0. The molecule has 1 fully saturated rings. The van der Waals surface area contributed by atoms with E-state index in [1.165, 1.54) is 0 Å². The second-order valence-electron chi connectivity index (χ2n) is 6.19. The zero-order valence-electron chi connectivity index (χ0n) is 12.4. The van der Waals surface area contributed by atoms with E-state index in [4.69, 9.17) is 4.74 Å². The highest BCUT2D eigenvalue weighted by molar-refractivity contribution is 9.10. The standard InChI is InChI=1S/C16H22BrNO2/c1-16(2)7-6-15(19)18(9-8-16)11-12-10-13(17)4-5-14(12)20-3/h4-5,10H,6-9,11H2,1-3H3. The Balaban J connectivity index is 2.16. The third-order valence-electron chi connectivity index (χ3n) is 4.03. The van der Waals surface area contributed by atoms with Crippen LogP contribution in [0.15, 0.2) is 22.7 Å². The first-order valence-corrected chi connectivity index (χ1v) is 7.81. The van der Waals surface area contributed by atoms with Crippen LogP contribution in [-0.2, 0) is 11.3 Å². The average Bonchev–Trinajstić information content (AvgIpc) is 2.52. The molecule has 0 unspecified atom stereocenters. The summed E-state index contributed by atoms with van der Waals surface area (Å²) >= 11 is 3.48. The van der Waals surface area contributed by atoms with Gasteiger partial charge in [0, 0.05) is 29.5 Å². The van der Waals surface area contributed by atoms with Crippen LogP contribution in [0.25, 0.3) is 0 Å². The van der Waals surface area contributed by atoms with Crippen molar-refractivity contribution in [3.63, 3.8) is 0 Å². The molecule has 1 aliphatic rings. The molecule has 1 aromatic carbocycles. The molecule has 1 heterocycles. The number of ether oxygens (including phenoxy) is 1. The predicted molar refractivity (Wildman–Crippen MR) is 83.7 cm³/mol. The Morgan fingerprint density at radius 2 is 2.10 bits per heavy atom. The maximum absolute atomic E-state index is 12.3. The lowest BCUT2D eigenvalue weighted by Crippen LogP contribution is -2.30. The van der Waals surface area contributed by atoms with E-state index in [0.29, 0.717) is 13.0 Å². The molecule has 20 heavy (non-hydrogen) atoms. The summed E-state index contributed by atoms with van der Waals surface area (Å²) in [6.45, 7) is 5.92. The summed E-state index contributed by atoms with van der Waals surface area (Å²) in [6.07, 6.45) is 2.66. The van der Waals surface area contributed by atoms with Crippen LogP contribution < -0.4 is 4.74 Å². The smallest absolute Gasteiger partial charge is 0.222 e. The molecule has 0 aliphatic carbocycles. The molecule has 0 spiro atoms. The molecule has 0 N–H and O–H groups in total. The van der Waals surface area contributed by atoms with Gasteiger partial charge in [-0.1, -0.05) is 29.8 Å². The number of nitrogens with zero attached hydrogens (tertiary/aromatic N) is 1. The molecular formula is C16H22BrNO2. The van der Waals surface area contributed by atoms with Gasteiger partial charge in [-0.05, 0) is 36.5 Å². The van der Waals surface area contributed by atoms with Crippen molar-refractivity contribution in [3.05, 3.63) is 28.2 Å². The van der Waals surface area contributed by atoms with E-state index >= 15 is 0 Å². The van der Waals surface area contributed by atoms with Crippen LogP contribution in [0, 0.1) is 5.41 Å². The van der Waals surface area contributed by atoms with Crippen molar-refractivity contribution in [1.29, 1.82) is 0 Å². The van der Waals surface area contributed by atoms with Gasteiger partial charge in [0.15, 0.2) is 0 Å². The quantitative estimate of drug-likeness (QED) is 0.832. The molecule has 1 aliphatic heterocycles. The van der Waals surface area contributed by atoms with Crippen LogP contribution in [0.2, 0.25) is 0 Å². The summed E-state index contributed by atoms with van der Waals surface area (Å²) in [6, 6.07) is 5.92. The van der Waals surface area contributed by atoms with Gasteiger partial charge in [-0.25, -0.2) is 0 Å². The van der Waals surface area contributed by atoms with E-state index in [9.17, 15) is 4.79 Å². The zero-order chi connectivity index (χ0) is 14.8. The van der Waals surface area contributed by atoms with E-state index < -0.39 is 0 Å². The van der Waals surface area contributed by atoms with Gasteiger partial charge in [0.05, 0.1) is 7.11 Å². The van der Waals surface area contributed by atoms with Crippen LogP contribution in [-0.4, -0.2) is 24.5 Å². The lowest BCUT2D eigenvalue weighted by atomic mass is 9.85. The minimum absolute atomic E-state index is 0.248. The number of hydrogen-bond acceptors (Lipinski definition) is 2. The Morgan fingerprint density at radius 1 is 1.35 bits per heavy atom. The van der Waals surface area contributed by atoms with Crippen LogP contribution in [0.3, 0.4) is 0 Å². The first-order chi connectivity index (χ1) is 9.41. The number of carbonyl (C=O) groups excluding carboxylic acids is 1. The third-order valence-corrected chi connectivity index (χ3v) is 4.52. The highest BCUT2D eigenvalue weighted by Crippen LogP contribution is 2.32. The highest BCUT2D eigenvalue weighted by Gasteiger charge is 2.27. The first-order valence-electron chi connectivity index (χ1n) is 7.01. The number of methoxy groups -OCH3 is 1. The van der Waals surface area contributed by atoms with Gasteiger partial charge in [0.25, 0.3) is 0 Å². The Morgan fingerprint density at radius 3 is 2.80 bits per heavy atom. The Kier molecular flexibility index (Phi) is 4.74. The summed E-state index contributed by atoms with van der Waals surface area (Å²) in [5.74, 6) is 1.09. The van der Waals surface area contributed by atoms with Gasteiger partial charge in [0.1, 0.15) is 5.75 Å². The van der Waals surface area contributed by atoms with Crippen molar-refractivity contribution < 1.29 is 9.53 Å². The van der Waals surface area contributed by atoms with Crippen LogP contribution in [0.5, 0.6) is 5.75 Å². The number of likely N-dealkylation sites (tertiary alicyclic amines) is 1. The largest absolute Gasteiger partial charge is 0.496 e.